The topological polar surface area (TPSA) is 122 Å². The lowest BCUT2D eigenvalue weighted by Crippen LogP contribution is -2.34. The first-order chi connectivity index (χ1) is 17.9. The molecule has 2 unspecified atom stereocenters. The molecule has 1 aliphatic carbocycles. The van der Waals surface area contributed by atoms with Crippen molar-refractivity contribution in [3.63, 3.8) is 0 Å². The molecule has 0 aromatic heterocycles. The van der Waals surface area contributed by atoms with Crippen LogP contribution >= 0.6 is 0 Å². The summed E-state index contributed by atoms with van der Waals surface area (Å²) >= 11 is 0. The van der Waals surface area contributed by atoms with Gasteiger partial charge >= 0.3 is 23.9 Å². The van der Waals surface area contributed by atoms with Crippen LogP contribution < -0.4 is 18.9 Å². The molecule has 0 heterocycles. The van der Waals surface area contributed by atoms with Crippen molar-refractivity contribution in [3.8, 4) is 23.0 Å². The Balaban J connectivity index is 1.80. The van der Waals surface area contributed by atoms with Crippen LogP contribution in [0.3, 0.4) is 0 Å². The van der Waals surface area contributed by atoms with E-state index < -0.39 is 23.9 Å². The number of hydrogen-bond acceptors (Lipinski definition) is 9. The van der Waals surface area contributed by atoms with Gasteiger partial charge in [0.25, 0.3) is 0 Å². The number of carbonyl (C=O) groups is 5. The Morgan fingerprint density at radius 3 is 1.32 bits per heavy atom. The maximum Gasteiger partial charge on any atom is 0.308 e. The first kappa shape index (κ1) is 28.6. The van der Waals surface area contributed by atoms with E-state index >= 15 is 0 Å². The molecular formula is C29H32O9. The smallest absolute Gasteiger partial charge is 0.308 e. The van der Waals surface area contributed by atoms with E-state index in [2.05, 4.69) is 6.92 Å². The summed E-state index contributed by atoms with van der Waals surface area (Å²) in [5.74, 6) is -1.72. The Hall–Kier alpha value is -4.01. The van der Waals surface area contributed by atoms with Crippen molar-refractivity contribution in [2.75, 3.05) is 0 Å². The lowest BCUT2D eigenvalue weighted by Gasteiger charge is -2.32. The van der Waals surface area contributed by atoms with Crippen LogP contribution in [0, 0.1) is 17.8 Å². The summed E-state index contributed by atoms with van der Waals surface area (Å²) in [4.78, 5) is 59.4. The number of esters is 4. The highest BCUT2D eigenvalue weighted by atomic mass is 16.6. The highest BCUT2D eigenvalue weighted by molar-refractivity contribution is 5.85. The Morgan fingerprint density at radius 2 is 0.974 bits per heavy atom. The minimum absolute atomic E-state index is 0.124. The number of ketones is 1. The number of rotatable bonds is 8. The summed E-state index contributed by atoms with van der Waals surface area (Å²) < 4.78 is 20.7. The van der Waals surface area contributed by atoms with Gasteiger partial charge in [-0.2, -0.15) is 0 Å². The summed E-state index contributed by atoms with van der Waals surface area (Å²) in [6.07, 6.45) is 2.32. The van der Waals surface area contributed by atoms with Gasteiger partial charge in [0, 0.05) is 39.5 Å². The molecule has 0 radical (unpaired) electrons. The average molecular weight is 525 g/mol. The molecule has 3 rings (SSSR count). The lowest BCUT2D eigenvalue weighted by atomic mass is 9.71. The molecule has 1 fully saturated rings. The van der Waals surface area contributed by atoms with Gasteiger partial charge in [-0.25, -0.2) is 0 Å². The Labute approximate surface area is 221 Å². The second kappa shape index (κ2) is 12.5. The SMILES string of the molecule is CC(=O)Oc1ccc(CC2CC(C)CC(Cc3ccc(OC(C)=O)c(OC(C)=O)c3)C2=O)cc1OC(C)=O. The zero-order valence-electron chi connectivity index (χ0n) is 22.2. The summed E-state index contributed by atoms with van der Waals surface area (Å²) in [5, 5.41) is 0. The van der Waals surface area contributed by atoms with E-state index in [4.69, 9.17) is 18.9 Å². The molecule has 0 spiro atoms. The fraction of sp³-hybridized carbons (Fsp3) is 0.414. The predicted octanol–water partition coefficient (Wildman–Crippen LogP) is 4.40. The molecule has 2 atom stereocenters. The van der Waals surface area contributed by atoms with Crippen molar-refractivity contribution < 1.29 is 42.9 Å². The summed E-state index contributed by atoms with van der Waals surface area (Å²) in [5.41, 5.74) is 1.57. The maximum absolute atomic E-state index is 13.5. The standard InChI is InChI=1S/C29H32O9/c1-16-10-23(12-21-6-8-25(35-17(2)30)27(14-21)37-19(4)32)29(34)24(11-16)13-22-7-9-26(36-18(3)31)28(15-22)38-20(5)33/h6-9,14-16,23-24H,10-13H2,1-5H3. The van der Waals surface area contributed by atoms with E-state index in [-0.39, 0.29) is 40.6 Å². The van der Waals surface area contributed by atoms with Crippen molar-refractivity contribution in [1.82, 2.24) is 0 Å². The molecule has 9 nitrogen and oxygen atoms in total. The van der Waals surface area contributed by atoms with Crippen molar-refractivity contribution in [3.05, 3.63) is 47.5 Å². The van der Waals surface area contributed by atoms with E-state index in [1.807, 2.05) is 0 Å². The van der Waals surface area contributed by atoms with E-state index in [0.29, 0.717) is 31.6 Å². The molecule has 2 aromatic carbocycles. The van der Waals surface area contributed by atoms with Gasteiger partial charge in [0.05, 0.1) is 0 Å². The van der Waals surface area contributed by atoms with Crippen molar-refractivity contribution in [1.29, 1.82) is 0 Å². The Bertz CT molecular complexity index is 1150. The number of carbonyl (C=O) groups excluding carboxylic acids is 5. The van der Waals surface area contributed by atoms with Crippen molar-refractivity contribution in [2.45, 2.75) is 60.3 Å². The summed E-state index contributed by atoms with van der Waals surface area (Å²) in [7, 11) is 0. The van der Waals surface area contributed by atoms with Crippen LogP contribution in [0.4, 0.5) is 0 Å². The van der Waals surface area contributed by atoms with E-state index in [1.165, 1.54) is 27.7 Å². The second-order valence-corrected chi connectivity index (χ2v) is 9.72. The molecule has 0 N–H and O–H groups in total. The minimum Gasteiger partial charge on any atom is -0.423 e. The largest absolute Gasteiger partial charge is 0.423 e. The van der Waals surface area contributed by atoms with Crippen LogP contribution in [-0.2, 0) is 36.8 Å². The van der Waals surface area contributed by atoms with Gasteiger partial charge < -0.3 is 18.9 Å². The maximum atomic E-state index is 13.5. The number of ether oxygens (including phenoxy) is 4. The van der Waals surface area contributed by atoms with Gasteiger partial charge in [-0.15, -0.1) is 0 Å². The third kappa shape index (κ3) is 7.99. The molecule has 1 saturated carbocycles. The molecule has 0 bridgehead atoms. The lowest BCUT2D eigenvalue weighted by molar-refractivity contribution is -0.134. The monoisotopic (exact) mass is 524 g/mol. The second-order valence-electron chi connectivity index (χ2n) is 9.72. The van der Waals surface area contributed by atoms with E-state index in [1.54, 1.807) is 36.4 Å². The van der Waals surface area contributed by atoms with E-state index in [9.17, 15) is 24.0 Å². The zero-order chi connectivity index (χ0) is 28.0. The molecule has 2 aromatic rings. The summed E-state index contributed by atoms with van der Waals surface area (Å²) in [6, 6.07) is 9.88. The van der Waals surface area contributed by atoms with Gasteiger partial charge in [0.15, 0.2) is 23.0 Å². The minimum atomic E-state index is -0.550. The van der Waals surface area contributed by atoms with Gasteiger partial charge in [-0.3, -0.25) is 24.0 Å². The highest BCUT2D eigenvalue weighted by Gasteiger charge is 2.35. The molecule has 9 heteroatoms. The van der Waals surface area contributed by atoms with Gasteiger partial charge in [0.2, 0.25) is 0 Å². The number of benzene rings is 2. The van der Waals surface area contributed by atoms with Crippen LogP contribution in [0.25, 0.3) is 0 Å². The number of hydrogen-bond donors (Lipinski definition) is 0. The predicted molar refractivity (Wildman–Crippen MR) is 136 cm³/mol. The highest BCUT2D eigenvalue weighted by Crippen LogP contribution is 2.37. The average Bonchev–Trinajstić information content (AvgIpc) is 2.79. The van der Waals surface area contributed by atoms with Crippen LogP contribution in [0.1, 0.15) is 58.6 Å². The molecule has 38 heavy (non-hydrogen) atoms. The molecular weight excluding hydrogens is 492 g/mol. The third-order valence-electron chi connectivity index (χ3n) is 6.17. The first-order valence-corrected chi connectivity index (χ1v) is 12.4. The molecule has 0 amide bonds. The number of Topliss-reactive ketones (excluding diaryl/α,β-unsaturated/α-hetero) is 1. The van der Waals surface area contributed by atoms with E-state index in [0.717, 1.165) is 11.1 Å². The van der Waals surface area contributed by atoms with Gasteiger partial charge in [-0.05, 0) is 67.0 Å². The molecule has 0 aliphatic heterocycles. The third-order valence-corrected chi connectivity index (χ3v) is 6.17. The summed E-state index contributed by atoms with van der Waals surface area (Å²) in [6.45, 7) is 7.13. The van der Waals surface area contributed by atoms with Gasteiger partial charge in [0.1, 0.15) is 5.78 Å². The van der Waals surface area contributed by atoms with Crippen molar-refractivity contribution in [2.24, 2.45) is 17.8 Å². The van der Waals surface area contributed by atoms with Gasteiger partial charge in [-0.1, -0.05) is 19.1 Å². The molecule has 202 valence electrons. The normalized spacial score (nSPS) is 18.9. The quantitative estimate of drug-likeness (QED) is 0.365. The Morgan fingerprint density at radius 1 is 0.632 bits per heavy atom. The fourth-order valence-corrected chi connectivity index (χ4v) is 4.88. The molecule has 0 saturated heterocycles. The van der Waals surface area contributed by atoms with Crippen LogP contribution in [0.5, 0.6) is 23.0 Å². The van der Waals surface area contributed by atoms with Crippen LogP contribution in [-0.4, -0.2) is 29.7 Å². The Kier molecular flexibility index (Phi) is 9.39. The zero-order valence-corrected chi connectivity index (χ0v) is 22.2. The van der Waals surface area contributed by atoms with Crippen LogP contribution in [0.15, 0.2) is 36.4 Å². The molecule has 1 aliphatic rings. The first-order valence-electron chi connectivity index (χ1n) is 12.4. The fourth-order valence-electron chi connectivity index (χ4n) is 4.88. The van der Waals surface area contributed by atoms with Crippen molar-refractivity contribution >= 4 is 29.7 Å². The van der Waals surface area contributed by atoms with Crippen LogP contribution in [0.2, 0.25) is 0 Å².